The molecule has 1 fully saturated rings. The third-order valence-electron chi connectivity index (χ3n) is 6.54. The van der Waals surface area contributed by atoms with Gasteiger partial charge in [0.2, 0.25) is 0 Å². The lowest BCUT2D eigenvalue weighted by molar-refractivity contribution is -0.165. The Bertz CT molecular complexity index is 1060. The van der Waals surface area contributed by atoms with Crippen molar-refractivity contribution in [3.05, 3.63) is 58.3 Å². The van der Waals surface area contributed by atoms with Crippen molar-refractivity contribution in [2.45, 2.75) is 64.1 Å². The number of halogens is 1. The molecule has 0 atom stereocenters. The Hall–Kier alpha value is -2.30. The summed E-state index contributed by atoms with van der Waals surface area (Å²) in [5, 5.41) is 11.7. The van der Waals surface area contributed by atoms with E-state index in [1.54, 1.807) is 13.2 Å². The highest BCUT2D eigenvalue weighted by Crippen LogP contribution is 2.48. The molecule has 1 aliphatic heterocycles. The molecule has 1 spiro atoms. The number of aryl methyl sites for hydroxylation is 1. The zero-order chi connectivity index (χ0) is 22.4. The highest BCUT2D eigenvalue weighted by Gasteiger charge is 2.53. The Labute approximate surface area is 188 Å². The number of carbonyl (C=O) groups is 1. The van der Waals surface area contributed by atoms with Crippen LogP contribution in [-0.4, -0.2) is 29.2 Å². The van der Waals surface area contributed by atoms with Gasteiger partial charge in [0, 0.05) is 10.6 Å². The van der Waals surface area contributed by atoms with Crippen molar-refractivity contribution in [2.24, 2.45) is 0 Å². The first-order valence-electron chi connectivity index (χ1n) is 10.9. The average Bonchev–Trinajstić information content (AvgIpc) is 3.21. The maximum absolute atomic E-state index is 13.6. The smallest absolute Gasteiger partial charge is 0.198 e. The van der Waals surface area contributed by atoms with Gasteiger partial charge >= 0.3 is 0 Å². The lowest BCUT2D eigenvalue weighted by Gasteiger charge is -2.42. The molecule has 2 aromatic rings. The minimum absolute atomic E-state index is 0.0119. The van der Waals surface area contributed by atoms with Gasteiger partial charge < -0.3 is 14.6 Å². The third kappa shape index (κ3) is 3.66. The summed E-state index contributed by atoms with van der Waals surface area (Å²) in [4.78, 5) is 13.6. The number of ether oxygens (including phenoxy) is 2. The molecule has 0 saturated heterocycles. The molecular weight excluding hydrogens is 412 g/mol. The molecule has 31 heavy (non-hydrogen) atoms. The molecule has 1 aliphatic carbocycles. The van der Waals surface area contributed by atoms with E-state index in [1.165, 1.54) is 0 Å². The first kappa shape index (κ1) is 21.9. The van der Waals surface area contributed by atoms with Gasteiger partial charge in [-0.1, -0.05) is 36.7 Å². The zero-order valence-electron chi connectivity index (χ0n) is 18.5. The number of Topliss-reactive ketones (excluding diaryl/α,β-unsaturated/α-hetero) is 1. The Kier molecular flexibility index (Phi) is 5.65. The van der Waals surface area contributed by atoms with Crippen molar-refractivity contribution in [1.82, 2.24) is 0 Å². The molecule has 1 saturated carbocycles. The molecule has 1 heterocycles. The van der Waals surface area contributed by atoms with Crippen molar-refractivity contribution < 1.29 is 19.4 Å². The summed E-state index contributed by atoms with van der Waals surface area (Å²) in [6.07, 6.45) is 4.04. The molecule has 2 aromatic carbocycles. The van der Waals surface area contributed by atoms with Crippen LogP contribution in [0.1, 0.15) is 57.6 Å². The van der Waals surface area contributed by atoms with E-state index in [0.717, 1.165) is 40.8 Å². The molecule has 0 amide bonds. The van der Waals surface area contributed by atoms with Gasteiger partial charge in [0.15, 0.2) is 5.78 Å². The Morgan fingerprint density at radius 3 is 2.45 bits per heavy atom. The zero-order valence-corrected chi connectivity index (χ0v) is 19.3. The lowest BCUT2D eigenvalue weighted by Crippen LogP contribution is -2.51. The number of ketones is 1. The van der Waals surface area contributed by atoms with E-state index < -0.39 is 11.2 Å². The van der Waals surface area contributed by atoms with E-state index in [2.05, 4.69) is 13.0 Å². The summed E-state index contributed by atoms with van der Waals surface area (Å²) in [7, 11) is 1.63. The molecular formula is C26H29ClO4. The van der Waals surface area contributed by atoms with Gasteiger partial charge in [-0.05, 0) is 80.8 Å². The summed E-state index contributed by atoms with van der Waals surface area (Å²) in [5.41, 5.74) is 2.27. The van der Waals surface area contributed by atoms with Crippen molar-refractivity contribution in [3.63, 3.8) is 0 Å². The van der Waals surface area contributed by atoms with E-state index >= 15 is 0 Å². The number of aliphatic hydroxyl groups is 1. The van der Waals surface area contributed by atoms with Crippen molar-refractivity contribution in [2.75, 3.05) is 7.11 Å². The van der Waals surface area contributed by atoms with Gasteiger partial charge in [0.05, 0.1) is 12.7 Å². The van der Waals surface area contributed by atoms with Crippen LogP contribution in [0.2, 0.25) is 5.02 Å². The minimum Gasteiger partial charge on any atom is -0.508 e. The summed E-state index contributed by atoms with van der Waals surface area (Å²) in [6, 6.07) is 11.5. The number of carbonyl (C=O) groups excluding carboxylic acids is 1. The quantitative estimate of drug-likeness (QED) is 0.586. The fourth-order valence-corrected chi connectivity index (χ4v) is 5.12. The number of benzene rings is 2. The molecule has 4 nitrogen and oxygen atoms in total. The van der Waals surface area contributed by atoms with E-state index in [1.807, 2.05) is 38.1 Å². The van der Waals surface area contributed by atoms with Crippen molar-refractivity contribution in [3.8, 4) is 16.9 Å². The van der Waals surface area contributed by atoms with E-state index in [-0.39, 0.29) is 11.5 Å². The summed E-state index contributed by atoms with van der Waals surface area (Å²) >= 11 is 6.23. The lowest BCUT2D eigenvalue weighted by atomic mass is 9.78. The van der Waals surface area contributed by atoms with Crippen LogP contribution in [0.3, 0.4) is 0 Å². The van der Waals surface area contributed by atoms with Gasteiger partial charge in [-0.2, -0.15) is 0 Å². The number of methoxy groups -OCH3 is 1. The molecule has 1 N–H and O–H groups in total. The van der Waals surface area contributed by atoms with Crippen LogP contribution >= 0.6 is 11.6 Å². The second-order valence-electron chi connectivity index (χ2n) is 8.94. The van der Waals surface area contributed by atoms with Crippen molar-refractivity contribution >= 4 is 23.0 Å². The van der Waals surface area contributed by atoms with Gasteiger partial charge in [-0.3, -0.25) is 4.79 Å². The normalized spacial score (nSPS) is 19.8. The van der Waals surface area contributed by atoms with Crippen LogP contribution < -0.4 is 4.74 Å². The number of hydrogen-bond acceptors (Lipinski definition) is 4. The molecule has 2 aliphatic rings. The van der Waals surface area contributed by atoms with E-state index in [0.29, 0.717) is 29.9 Å². The van der Waals surface area contributed by atoms with Crippen LogP contribution in [0.4, 0.5) is 0 Å². The van der Waals surface area contributed by atoms with Crippen LogP contribution in [0, 0.1) is 0 Å². The van der Waals surface area contributed by atoms with E-state index in [9.17, 15) is 9.90 Å². The molecule has 0 aromatic heterocycles. The Balaban J connectivity index is 1.87. The number of rotatable bonds is 4. The van der Waals surface area contributed by atoms with Crippen LogP contribution in [0.15, 0.2) is 42.2 Å². The first-order valence-corrected chi connectivity index (χ1v) is 11.3. The van der Waals surface area contributed by atoms with Gasteiger partial charge in [-0.15, -0.1) is 0 Å². The number of aliphatic hydroxyl groups excluding tert-OH is 1. The standard InChI is InChI=1S/C26H29ClO4/c1-5-16-14-17(20-15-18(27)9-11-21(20)30-4)8-10-19(16)22-23(28)25(2,3)31-26(24(22)29)12-6-7-13-26/h8-11,14-15,28H,5-7,12-13H2,1-4H3. The fraction of sp³-hybridized carbons (Fsp3) is 0.423. The molecule has 164 valence electrons. The SMILES string of the molecule is CCc1cc(-c2cc(Cl)ccc2OC)ccc1C1=C(O)C(C)(C)OC2(CCCC2)C1=O. The maximum Gasteiger partial charge on any atom is 0.198 e. The largest absolute Gasteiger partial charge is 0.508 e. The second-order valence-corrected chi connectivity index (χ2v) is 9.37. The minimum atomic E-state index is -0.909. The van der Waals surface area contributed by atoms with Gasteiger partial charge in [0.1, 0.15) is 22.7 Å². The van der Waals surface area contributed by atoms with Gasteiger partial charge in [0.25, 0.3) is 0 Å². The monoisotopic (exact) mass is 440 g/mol. The molecule has 4 rings (SSSR count). The molecule has 0 bridgehead atoms. The second kappa shape index (κ2) is 7.99. The molecule has 5 heteroatoms. The molecule has 0 unspecified atom stereocenters. The highest BCUT2D eigenvalue weighted by atomic mass is 35.5. The van der Waals surface area contributed by atoms with Crippen LogP contribution in [-0.2, 0) is 16.0 Å². The van der Waals surface area contributed by atoms with Crippen LogP contribution in [0.25, 0.3) is 16.7 Å². The average molecular weight is 441 g/mol. The number of hydrogen-bond donors (Lipinski definition) is 1. The fourth-order valence-electron chi connectivity index (χ4n) is 4.95. The van der Waals surface area contributed by atoms with Gasteiger partial charge in [-0.25, -0.2) is 0 Å². The maximum atomic E-state index is 13.6. The summed E-state index contributed by atoms with van der Waals surface area (Å²) in [6.45, 7) is 5.73. The Morgan fingerprint density at radius 1 is 1.10 bits per heavy atom. The molecule has 0 radical (unpaired) electrons. The summed E-state index contributed by atoms with van der Waals surface area (Å²) in [5.74, 6) is 0.650. The topological polar surface area (TPSA) is 55.8 Å². The van der Waals surface area contributed by atoms with Crippen molar-refractivity contribution in [1.29, 1.82) is 0 Å². The predicted octanol–water partition coefficient (Wildman–Crippen LogP) is 6.54. The highest BCUT2D eigenvalue weighted by molar-refractivity contribution is 6.31. The third-order valence-corrected chi connectivity index (χ3v) is 6.77. The van der Waals surface area contributed by atoms with Crippen LogP contribution in [0.5, 0.6) is 5.75 Å². The first-order chi connectivity index (χ1) is 14.7. The van der Waals surface area contributed by atoms with E-state index in [4.69, 9.17) is 21.1 Å². The Morgan fingerprint density at radius 2 is 1.81 bits per heavy atom. The summed E-state index contributed by atoms with van der Waals surface area (Å²) < 4.78 is 11.7. The predicted molar refractivity (Wildman–Crippen MR) is 124 cm³/mol.